The number of carbonyl (C=O) groups excluding carboxylic acids is 1. The number of nitrogens with two attached hydrogens (primary N) is 2. The average molecular weight is 213 g/mol. The molecule has 4 heteroatoms. The fourth-order valence-electron chi connectivity index (χ4n) is 2.75. The van der Waals surface area contributed by atoms with Crippen LogP contribution in [0.2, 0.25) is 0 Å². The van der Waals surface area contributed by atoms with E-state index in [1.807, 2.05) is 14.0 Å². The molecule has 1 aliphatic rings. The van der Waals surface area contributed by atoms with Gasteiger partial charge in [-0.1, -0.05) is 13.3 Å². The summed E-state index contributed by atoms with van der Waals surface area (Å²) in [5, 5.41) is 0. The van der Waals surface area contributed by atoms with Crippen molar-refractivity contribution in [2.75, 3.05) is 13.6 Å². The van der Waals surface area contributed by atoms with Crippen molar-refractivity contribution in [1.82, 2.24) is 4.90 Å². The Morgan fingerprint density at radius 3 is 2.67 bits per heavy atom. The summed E-state index contributed by atoms with van der Waals surface area (Å²) in [6, 6.07) is 0.301. The van der Waals surface area contributed by atoms with Gasteiger partial charge in [-0.2, -0.15) is 0 Å². The number of hydrogen-bond acceptors (Lipinski definition) is 3. The first-order valence-electron chi connectivity index (χ1n) is 5.83. The number of primary amides is 1. The summed E-state index contributed by atoms with van der Waals surface area (Å²) in [5.41, 5.74) is 11.1. The number of carbonyl (C=O) groups is 1. The monoisotopic (exact) mass is 213 g/mol. The maximum Gasteiger partial charge on any atom is 0.234 e. The first-order chi connectivity index (χ1) is 7.11. The van der Waals surface area contributed by atoms with Crippen molar-refractivity contribution in [2.45, 2.75) is 44.7 Å². The first kappa shape index (κ1) is 12.5. The predicted octanol–water partition coefficient (Wildman–Crippen LogP) is 0.310. The van der Waals surface area contributed by atoms with Crippen LogP contribution in [-0.2, 0) is 4.79 Å². The molecule has 4 N–H and O–H groups in total. The summed E-state index contributed by atoms with van der Waals surface area (Å²) in [7, 11) is 2.00. The van der Waals surface area contributed by atoms with Gasteiger partial charge in [0.15, 0.2) is 0 Å². The van der Waals surface area contributed by atoms with Crippen molar-refractivity contribution in [3.63, 3.8) is 0 Å². The van der Waals surface area contributed by atoms with Gasteiger partial charge in [-0.3, -0.25) is 9.69 Å². The Kier molecular flexibility index (Phi) is 4.54. The average Bonchev–Trinajstić information content (AvgIpc) is 2.65. The second kappa shape index (κ2) is 5.47. The number of amides is 1. The van der Waals surface area contributed by atoms with E-state index in [2.05, 4.69) is 4.90 Å². The molecule has 0 radical (unpaired) electrons. The van der Waals surface area contributed by atoms with Gasteiger partial charge in [0, 0.05) is 6.04 Å². The second-order valence-corrected chi connectivity index (χ2v) is 4.49. The molecule has 0 aromatic rings. The first-order valence-corrected chi connectivity index (χ1v) is 5.83. The van der Waals surface area contributed by atoms with E-state index in [1.165, 1.54) is 12.8 Å². The van der Waals surface area contributed by atoms with Crippen molar-refractivity contribution < 1.29 is 4.79 Å². The molecule has 1 saturated carbocycles. The quantitative estimate of drug-likeness (QED) is 0.690. The molecule has 15 heavy (non-hydrogen) atoms. The molecular weight excluding hydrogens is 190 g/mol. The van der Waals surface area contributed by atoms with E-state index < -0.39 is 0 Å². The lowest BCUT2D eigenvalue weighted by molar-refractivity contribution is -0.123. The summed E-state index contributed by atoms with van der Waals surface area (Å²) in [6.45, 7) is 2.71. The molecule has 4 nitrogen and oxygen atoms in total. The van der Waals surface area contributed by atoms with Gasteiger partial charge in [-0.15, -0.1) is 0 Å². The fraction of sp³-hybridized carbons (Fsp3) is 0.909. The van der Waals surface area contributed by atoms with E-state index in [4.69, 9.17) is 11.5 Å². The SMILES string of the molecule is CCC(C(N)=O)N(C)C1CCCC1CN. The van der Waals surface area contributed by atoms with Crippen LogP contribution in [0.3, 0.4) is 0 Å². The minimum Gasteiger partial charge on any atom is -0.368 e. The van der Waals surface area contributed by atoms with Crippen LogP contribution in [0.15, 0.2) is 0 Å². The number of hydrogen-bond donors (Lipinski definition) is 2. The molecular formula is C11H23N3O. The molecule has 0 bridgehead atoms. The topological polar surface area (TPSA) is 72.4 Å². The zero-order valence-electron chi connectivity index (χ0n) is 9.78. The lowest BCUT2D eigenvalue weighted by Crippen LogP contribution is -2.49. The number of likely N-dealkylation sites (N-methyl/N-ethyl adjacent to an activating group) is 1. The van der Waals surface area contributed by atoms with Crippen molar-refractivity contribution in [3.05, 3.63) is 0 Å². The maximum absolute atomic E-state index is 11.3. The molecule has 0 aromatic carbocycles. The highest BCUT2D eigenvalue weighted by atomic mass is 16.1. The Hall–Kier alpha value is -0.610. The van der Waals surface area contributed by atoms with Crippen molar-refractivity contribution in [3.8, 4) is 0 Å². The Balaban J connectivity index is 2.64. The van der Waals surface area contributed by atoms with Crippen LogP contribution in [0.25, 0.3) is 0 Å². The minimum atomic E-state index is -0.220. The Labute approximate surface area is 92.0 Å². The van der Waals surface area contributed by atoms with Gasteiger partial charge in [0.25, 0.3) is 0 Å². The zero-order valence-corrected chi connectivity index (χ0v) is 9.78. The van der Waals surface area contributed by atoms with Crippen molar-refractivity contribution >= 4 is 5.91 Å². The summed E-state index contributed by atoms with van der Waals surface area (Å²) >= 11 is 0. The Morgan fingerprint density at radius 1 is 1.53 bits per heavy atom. The van der Waals surface area contributed by atoms with Gasteiger partial charge in [0.05, 0.1) is 6.04 Å². The third kappa shape index (κ3) is 2.69. The number of rotatable bonds is 5. The van der Waals surface area contributed by atoms with E-state index in [1.54, 1.807) is 0 Å². The van der Waals surface area contributed by atoms with Crippen LogP contribution >= 0.6 is 0 Å². The lowest BCUT2D eigenvalue weighted by Gasteiger charge is -2.33. The zero-order chi connectivity index (χ0) is 11.4. The van der Waals surface area contributed by atoms with Crippen LogP contribution in [-0.4, -0.2) is 36.5 Å². The fourth-order valence-corrected chi connectivity index (χ4v) is 2.75. The van der Waals surface area contributed by atoms with E-state index >= 15 is 0 Å². The largest absolute Gasteiger partial charge is 0.368 e. The summed E-state index contributed by atoms with van der Waals surface area (Å²) in [6.07, 6.45) is 4.31. The number of nitrogens with zero attached hydrogens (tertiary/aromatic N) is 1. The third-order valence-electron chi connectivity index (χ3n) is 3.65. The highest BCUT2D eigenvalue weighted by molar-refractivity contribution is 5.79. The minimum absolute atomic E-state index is 0.137. The molecule has 3 unspecified atom stereocenters. The normalized spacial score (nSPS) is 28.3. The van der Waals surface area contributed by atoms with Gasteiger partial charge in [-0.25, -0.2) is 0 Å². The molecule has 0 aliphatic heterocycles. The summed E-state index contributed by atoms with van der Waals surface area (Å²) < 4.78 is 0. The van der Waals surface area contributed by atoms with Crippen LogP contribution in [0.1, 0.15) is 32.6 Å². The van der Waals surface area contributed by atoms with Gasteiger partial charge in [0.2, 0.25) is 5.91 Å². The molecule has 1 aliphatic carbocycles. The Morgan fingerprint density at radius 2 is 2.20 bits per heavy atom. The summed E-state index contributed by atoms with van der Waals surface area (Å²) in [5.74, 6) is 0.311. The molecule has 88 valence electrons. The smallest absolute Gasteiger partial charge is 0.234 e. The second-order valence-electron chi connectivity index (χ2n) is 4.49. The molecule has 0 spiro atoms. The summed E-state index contributed by atoms with van der Waals surface area (Å²) in [4.78, 5) is 13.4. The third-order valence-corrected chi connectivity index (χ3v) is 3.65. The van der Waals surface area contributed by atoms with Crippen molar-refractivity contribution in [2.24, 2.45) is 17.4 Å². The van der Waals surface area contributed by atoms with Gasteiger partial charge < -0.3 is 11.5 Å². The molecule has 1 amide bonds. The van der Waals surface area contributed by atoms with Gasteiger partial charge in [-0.05, 0) is 38.8 Å². The van der Waals surface area contributed by atoms with E-state index in [0.29, 0.717) is 18.5 Å². The van der Waals surface area contributed by atoms with Crippen LogP contribution in [0, 0.1) is 5.92 Å². The highest BCUT2D eigenvalue weighted by Gasteiger charge is 2.33. The molecule has 1 fully saturated rings. The van der Waals surface area contributed by atoms with Crippen molar-refractivity contribution in [1.29, 1.82) is 0 Å². The van der Waals surface area contributed by atoms with E-state index in [-0.39, 0.29) is 11.9 Å². The van der Waals surface area contributed by atoms with Crippen LogP contribution in [0.4, 0.5) is 0 Å². The van der Waals surface area contributed by atoms with Gasteiger partial charge in [0.1, 0.15) is 0 Å². The van der Waals surface area contributed by atoms with E-state index in [9.17, 15) is 4.79 Å². The van der Waals surface area contributed by atoms with Crippen LogP contribution in [0.5, 0.6) is 0 Å². The molecule has 0 heterocycles. The van der Waals surface area contributed by atoms with Gasteiger partial charge >= 0.3 is 0 Å². The lowest BCUT2D eigenvalue weighted by atomic mass is 10.0. The van der Waals surface area contributed by atoms with Crippen LogP contribution < -0.4 is 11.5 Å². The maximum atomic E-state index is 11.3. The standard InChI is InChI=1S/C11H23N3O/c1-3-9(11(13)15)14(2)10-6-4-5-8(10)7-12/h8-10H,3-7,12H2,1-2H3,(H2,13,15). The Bertz CT molecular complexity index is 220. The molecule has 3 atom stereocenters. The highest BCUT2D eigenvalue weighted by Crippen LogP contribution is 2.29. The molecule has 0 saturated heterocycles. The predicted molar refractivity (Wildman–Crippen MR) is 61.2 cm³/mol. The molecule has 0 aromatic heterocycles. The van der Waals surface area contributed by atoms with E-state index in [0.717, 1.165) is 12.8 Å². The molecule has 1 rings (SSSR count).